The Hall–Kier alpha value is -1.67. The van der Waals surface area contributed by atoms with Crippen LogP contribution in [0.15, 0.2) is 12.3 Å². The van der Waals surface area contributed by atoms with Crippen molar-refractivity contribution in [3.05, 3.63) is 18.0 Å². The molecule has 2 N–H and O–H groups in total. The van der Waals surface area contributed by atoms with Crippen molar-refractivity contribution < 1.29 is 18.3 Å². The third-order valence-electron chi connectivity index (χ3n) is 4.96. The Kier molecular flexibility index (Phi) is 4.52. The molecule has 1 aromatic heterocycles. The van der Waals surface area contributed by atoms with E-state index in [9.17, 15) is 13.2 Å². The van der Waals surface area contributed by atoms with E-state index in [1.54, 1.807) is 6.07 Å². The van der Waals surface area contributed by atoms with E-state index >= 15 is 0 Å². The quantitative estimate of drug-likeness (QED) is 0.750. The van der Waals surface area contributed by atoms with Gasteiger partial charge in [0.1, 0.15) is 5.69 Å². The Morgan fingerprint density at radius 1 is 1.33 bits per heavy atom. The predicted octanol–water partition coefficient (Wildman–Crippen LogP) is 1.40. The van der Waals surface area contributed by atoms with Crippen molar-refractivity contribution in [1.82, 2.24) is 4.98 Å². The number of nitrogens with zero attached hydrogens (tertiary/aromatic N) is 2. The average Bonchev–Trinajstić information content (AvgIpc) is 3.26. The molecule has 7 nitrogen and oxygen atoms in total. The van der Waals surface area contributed by atoms with Gasteiger partial charge in [-0.15, -0.1) is 0 Å². The van der Waals surface area contributed by atoms with Crippen LogP contribution in [0.2, 0.25) is 0 Å². The predicted molar refractivity (Wildman–Crippen MR) is 91.9 cm³/mol. The molecule has 1 spiro atoms. The molecule has 0 unspecified atom stereocenters. The minimum absolute atomic E-state index is 0.138. The molecule has 0 atom stereocenters. The van der Waals surface area contributed by atoms with E-state index in [0.29, 0.717) is 22.5 Å². The second-order valence-electron chi connectivity index (χ2n) is 6.78. The average molecular weight is 353 g/mol. The second kappa shape index (κ2) is 6.33. The summed E-state index contributed by atoms with van der Waals surface area (Å²) in [7, 11) is -3.62. The SMILES string of the molecule is CC(=O)c1ncc(NS(=O)(=O)CCO)cc1N1CCC2(CC1)CC2. The number of carbonyl (C=O) groups is 1. The fourth-order valence-corrected chi connectivity index (χ4v) is 4.08. The molecule has 2 heterocycles. The van der Waals surface area contributed by atoms with Gasteiger partial charge in [-0.2, -0.15) is 0 Å². The number of aliphatic hydroxyl groups excluding tert-OH is 1. The van der Waals surface area contributed by atoms with Gasteiger partial charge in [-0.25, -0.2) is 13.4 Å². The minimum Gasteiger partial charge on any atom is -0.395 e. The number of rotatable bonds is 6. The van der Waals surface area contributed by atoms with Gasteiger partial charge in [0.2, 0.25) is 10.0 Å². The Labute approximate surface area is 142 Å². The number of Topliss-reactive ketones (excluding diaryl/α,β-unsaturated/α-hetero) is 1. The summed E-state index contributed by atoms with van der Waals surface area (Å²) < 4.78 is 26.0. The van der Waals surface area contributed by atoms with Crippen molar-refractivity contribution in [2.75, 3.05) is 35.1 Å². The molecular weight excluding hydrogens is 330 g/mol. The molecule has 0 bridgehead atoms. The number of nitrogens with one attached hydrogen (secondary N) is 1. The lowest BCUT2D eigenvalue weighted by atomic mass is 9.93. The summed E-state index contributed by atoms with van der Waals surface area (Å²) in [6.07, 6.45) is 6.14. The van der Waals surface area contributed by atoms with Gasteiger partial charge in [0.05, 0.1) is 29.9 Å². The van der Waals surface area contributed by atoms with E-state index in [1.807, 2.05) is 0 Å². The fourth-order valence-electron chi connectivity index (χ4n) is 3.27. The molecule has 0 aromatic carbocycles. The van der Waals surface area contributed by atoms with E-state index in [0.717, 1.165) is 25.9 Å². The normalized spacial score (nSPS) is 19.3. The van der Waals surface area contributed by atoms with Crippen LogP contribution in [0.1, 0.15) is 43.1 Å². The Morgan fingerprint density at radius 3 is 2.54 bits per heavy atom. The number of pyridine rings is 1. The van der Waals surface area contributed by atoms with Crippen LogP contribution in [0, 0.1) is 5.41 Å². The summed E-state index contributed by atoms with van der Waals surface area (Å²) in [4.78, 5) is 18.2. The summed E-state index contributed by atoms with van der Waals surface area (Å²) >= 11 is 0. The molecule has 1 aliphatic carbocycles. The molecule has 1 saturated heterocycles. The third-order valence-corrected chi connectivity index (χ3v) is 6.22. The van der Waals surface area contributed by atoms with Crippen LogP contribution < -0.4 is 9.62 Å². The van der Waals surface area contributed by atoms with Crippen molar-refractivity contribution in [2.24, 2.45) is 5.41 Å². The number of aromatic nitrogens is 1. The third kappa shape index (κ3) is 3.70. The van der Waals surface area contributed by atoms with Crippen LogP contribution in [-0.4, -0.2) is 49.7 Å². The highest BCUT2D eigenvalue weighted by molar-refractivity contribution is 7.92. The van der Waals surface area contributed by atoms with Crippen LogP contribution in [0.4, 0.5) is 11.4 Å². The van der Waals surface area contributed by atoms with Gasteiger partial charge in [0.25, 0.3) is 0 Å². The molecule has 3 rings (SSSR count). The molecule has 1 saturated carbocycles. The smallest absolute Gasteiger partial charge is 0.235 e. The van der Waals surface area contributed by atoms with Gasteiger partial charge in [-0.1, -0.05) is 0 Å². The highest BCUT2D eigenvalue weighted by Gasteiger charge is 2.44. The summed E-state index contributed by atoms with van der Waals surface area (Å²) in [5, 5.41) is 8.82. The van der Waals surface area contributed by atoms with Crippen LogP contribution in [0.5, 0.6) is 0 Å². The van der Waals surface area contributed by atoms with E-state index in [1.165, 1.54) is 26.0 Å². The van der Waals surface area contributed by atoms with Crippen molar-refractivity contribution in [1.29, 1.82) is 0 Å². The zero-order chi connectivity index (χ0) is 17.4. The molecule has 8 heteroatoms. The number of hydrogen-bond donors (Lipinski definition) is 2. The summed E-state index contributed by atoms with van der Waals surface area (Å²) in [6, 6.07) is 1.67. The maximum absolute atomic E-state index is 11.9. The van der Waals surface area contributed by atoms with Crippen molar-refractivity contribution in [3.63, 3.8) is 0 Å². The summed E-state index contributed by atoms with van der Waals surface area (Å²) in [5.41, 5.74) is 1.88. The van der Waals surface area contributed by atoms with E-state index in [2.05, 4.69) is 14.6 Å². The lowest BCUT2D eigenvalue weighted by molar-refractivity contribution is 0.101. The second-order valence-corrected chi connectivity index (χ2v) is 8.62. The first-order valence-corrected chi connectivity index (χ1v) is 9.87. The molecule has 0 radical (unpaired) electrons. The minimum atomic E-state index is -3.62. The number of carbonyl (C=O) groups excluding carboxylic acids is 1. The monoisotopic (exact) mass is 353 g/mol. The van der Waals surface area contributed by atoms with E-state index in [-0.39, 0.29) is 11.5 Å². The molecule has 1 aliphatic heterocycles. The number of hydrogen-bond acceptors (Lipinski definition) is 6. The summed E-state index contributed by atoms with van der Waals surface area (Å²) in [5.74, 6) is -0.510. The molecule has 2 fully saturated rings. The molecule has 0 amide bonds. The van der Waals surface area contributed by atoms with Crippen LogP contribution in [0.25, 0.3) is 0 Å². The van der Waals surface area contributed by atoms with E-state index in [4.69, 9.17) is 5.11 Å². The maximum atomic E-state index is 11.9. The first kappa shape index (κ1) is 17.2. The van der Waals surface area contributed by atoms with Crippen LogP contribution in [0.3, 0.4) is 0 Å². The first-order chi connectivity index (χ1) is 11.3. The van der Waals surface area contributed by atoms with Crippen LogP contribution >= 0.6 is 0 Å². The zero-order valence-electron chi connectivity index (χ0n) is 13.8. The van der Waals surface area contributed by atoms with E-state index < -0.39 is 16.6 Å². The number of anilines is 2. The standard InChI is InChI=1S/C16H23N3O4S/c1-12(21)15-14(19-6-4-16(2-3-16)5-7-19)10-13(11-17-15)18-24(22,23)9-8-20/h10-11,18,20H,2-9H2,1H3. The maximum Gasteiger partial charge on any atom is 0.235 e. The van der Waals surface area contributed by atoms with Crippen LogP contribution in [-0.2, 0) is 10.0 Å². The highest BCUT2D eigenvalue weighted by Crippen LogP contribution is 2.54. The highest BCUT2D eigenvalue weighted by atomic mass is 32.2. The van der Waals surface area contributed by atoms with Gasteiger partial charge >= 0.3 is 0 Å². The summed E-state index contributed by atoms with van der Waals surface area (Å²) in [6.45, 7) is 2.73. The molecule has 2 aliphatic rings. The van der Waals surface area contributed by atoms with Gasteiger partial charge in [0.15, 0.2) is 5.78 Å². The number of ketones is 1. The Balaban J connectivity index is 1.85. The molecule has 1 aromatic rings. The Morgan fingerprint density at radius 2 is 2.00 bits per heavy atom. The fraction of sp³-hybridized carbons (Fsp3) is 0.625. The Bertz CT molecular complexity index is 734. The topological polar surface area (TPSA) is 99.6 Å². The number of sulfonamides is 1. The van der Waals surface area contributed by atoms with Gasteiger partial charge in [0, 0.05) is 20.0 Å². The van der Waals surface area contributed by atoms with Gasteiger partial charge in [-0.3, -0.25) is 9.52 Å². The van der Waals surface area contributed by atoms with Crippen molar-refractivity contribution >= 4 is 27.2 Å². The van der Waals surface area contributed by atoms with Crippen molar-refractivity contribution in [2.45, 2.75) is 32.6 Å². The lowest BCUT2D eigenvalue weighted by Gasteiger charge is -2.34. The van der Waals surface area contributed by atoms with Gasteiger partial charge < -0.3 is 10.0 Å². The molecule has 24 heavy (non-hydrogen) atoms. The lowest BCUT2D eigenvalue weighted by Crippen LogP contribution is -2.35. The van der Waals surface area contributed by atoms with Crippen molar-refractivity contribution in [3.8, 4) is 0 Å². The number of aliphatic hydroxyl groups is 1. The van der Waals surface area contributed by atoms with Gasteiger partial charge in [-0.05, 0) is 37.2 Å². The molecular formula is C16H23N3O4S. The first-order valence-electron chi connectivity index (χ1n) is 8.21. The molecule has 132 valence electrons. The number of piperidine rings is 1. The zero-order valence-corrected chi connectivity index (χ0v) is 14.6. The largest absolute Gasteiger partial charge is 0.395 e.